The Morgan fingerprint density at radius 2 is 1.85 bits per heavy atom. The van der Waals surface area contributed by atoms with Crippen molar-refractivity contribution < 1.29 is 29.1 Å². The summed E-state index contributed by atoms with van der Waals surface area (Å²) in [6, 6.07) is -0.463. The van der Waals surface area contributed by atoms with Crippen molar-refractivity contribution in [1.82, 2.24) is 5.32 Å². The molecule has 4 aliphatic carbocycles. The number of oxime groups is 1. The van der Waals surface area contributed by atoms with Gasteiger partial charge in [-0.1, -0.05) is 24.6 Å². The Bertz CT molecular complexity index is 1110. The summed E-state index contributed by atoms with van der Waals surface area (Å²) in [4.78, 5) is 42.2. The summed E-state index contributed by atoms with van der Waals surface area (Å²) in [7, 11) is 0. The summed E-state index contributed by atoms with van der Waals surface area (Å²) in [5, 5.41) is 16.7. The first kappa shape index (κ1) is 30.2. The maximum absolute atomic E-state index is 12.7. The normalized spacial score (nSPS) is 39.5. The summed E-state index contributed by atoms with van der Waals surface area (Å²) < 4.78 is 5.78. The number of amides is 1. The van der Waals surface area contributed by atoms with Crippen molar-refractivity contribution in [2.45, 2.75) is 117 Å². The summed E-state index contributed by atoms with van der Waals surface area (Å²) >= 11 is 0. The van der Waals surface area contributed by atoms with Crippen LogP contribution in [-0.4, -0.2) is 53.3 Å². The first-order valence-corrected chi connectivity index (χ1v) is 15.9. The molecule has 3 saturated carbocycles. The molecule has 8 heteroatoms. The summed E-state index contributed by atoms with van der Waals surface area (Å²) in [6.45, 7) is 11.0. The number of aliphatic carboxylic acids is 1. The van der Waals surface area contributed by atoms with E-state index in [4.69, 9.17) is 9.57 Å². The van der Waals surface area contributed by atoms with Gasteiger partial charge in [-0.05, 0) is 126 Å². The van der Waals surface area contributed by atoms with E-state index < -0.39 is 12.0 Å². The van der Waals surface area contributed by atoms with Gasteiger partial charge in [0.25, 0.3) is 5.91 Å². The third-order valence-electron chi connectivity index (χ3n) is 11.9. The lowest BCUT2D eigenvalue weighted by Crippen LogP contribution is -2.51. The minimum atomic E-state index is -0.929. The third kappa shape index (κ3) is 6.00. The largest absolute Gasteiger partial charge is 0.481 e. The van der Waals surface area contributed by atoms with Crippen LogP contribution >= 0.6 is 0 Å². The Morgan fingerprint density at radius 3 is 2.56 bits per heavy atom. The van der Waals surface area contributed by atoms with Crippen LogP contribution in [0.4, 0.5) is 0 Å². The van der Waals surface area contributed by atoms with E-state index in [1.165, 1.54) is 24.8 Å². The van der Waals surface area contributed by atoms with Gasteiger partial charge in [0.2, 0.25) is 0 Å². The number of nitrogens with zero attached hydrogens (tertiary/aromatic N) is 1. The zero-order valence-electron chi connectivity index (χ0n) is 25.7. The van der Waals surface area contributed by atoms with E-state index in [1.54, 1.807) is 6.92 Å². The first-order chi connectivity index (χ1) is 19.3. The number of carbonyl (C=O) groups is 3. The van der Waals surface area contributed by atoms with Crippen LogP contribution in [0.3, 0.4) is 0 Å². The molecule has 0 unspecified atom stereocenters. The highest BCUT2D eigenvalue weighted by molar-refractivity contribution is 5.96. The number of hydrogen-bond donors (Lipinski definition) is 2. The fourth-order valence-electron chi connectivity index (χ4n) is 9.88. The van der Waals surface area contributed by atoms with Crippen LogP contribution in [0, 0.1) is 40.4 Å². The quantitative estimate of drug-likeness (QED) is 0.362. The molecule has 8 nitrogen and oxygen atoms in total. The molecule has 5 rings (SSSR count). The molecule has 0 aromatic heterocycles. The molecule has 1 heterocycles. The van der Waals surface area contributed by atoms with Gasteiger partial charge in [-0.3, -0.25) is 14.4 Å². The fraction of sp³-hybridized carbons (Fsp3) is 0.818. The molecule has 2 N–H and O–H groups in total. The van der Waals surface area contributed by atoms with Gasteiger partial charge in [0.15, 0.2) is 6.61 Å². The van der Waals surface area contributed by atoms with Crippen LogP contribution in [0.5, 0.6) is 0 Å². The molecule has 1 aliphatic heterocycles. The molecule has 1 amide bonds. The van der Waals surface area contributed by atoms with Crippen molar-refractivity contribution in [2.75, 3.05) is 13.2 Å². The van der Waals surface area contributed by atoms with Crippen LogP contribution in [0.1, 0.15) is 105 Å². The third-order valence-corrected chi connectivity index (χ3v) is 11.9. The lowest BCUT2D eigenvalue weighted by molar-refractivity contribution is -0.140. The van der Waals surface area contributed by atoms with Gasteiger partial charge in [0, 0.05) is 18.6 Å². The fourth-order valence-corrected chi connectivity index (χ4v) is 9.88. The second-order valence-electron chi connectivity index (χ2n) is 14.8. The Balaban J connectivity index is 1.19. The van der Waals surface area contributed by atoms with Gasteiger partial charge in [-0.15, -0.1) is 0 Å². The van der Waals surface area contributed by atoms with Crippen molar-refractivity contribution in [1.29, 1.82) is 0 Å². The summed E-state index contributed by atoms with van der Waals surface area (Å²) in [6.07, 6.45) is 12.2. The van der Waals surface area contributed by atoms with Crippen LogP contribution < -0.4 is 5.32 Å². The zero-order chi connectivity index (χ0) is 29.6. The number of ketones is 1. The van der Waals surface area contributed by atoms with E-state index in [0.717, 1.165) is 44.2 Å². The van der Waals surface area contributed by atoms with Crippen LogP contribution in [0.25, 0.3) is 0 Å². The number of fused-ring (bicyclic) bond motifs is 5. The van der Waals surface area contributed by atoms with Gasteiger partial charge in [-0.2, -0.15) is 0 Å². The van der Waals surface area contributed by atoms with E-state index in [9.17, 15) is 19.5 Å². The second-order valence-corrected chi connectivity index (χ2v) is 14.8. The van der Waals surface area contributed by atoms with Crippen LogP contribution in [0.2, 0.25) is 0 Å². The number of carbonyl (C=O) groups excluding carboxylic acids is 2. The van der Waals surface area contributed by atoms with E-state index in [0.29, 0.717) is 36.6 Å². The highest BCUT2D eigenvalue weighted by atomic mass is 16.6. The molecule has 0 radical (unpaired) electrons. The predicted molar refractivity (Wildman–Crippen MR) is 156 cm³/mol. The van der Waals surface area contributed by atoms with Crippen molar-refractivity contribution in [2.24, 2.45) is 45.6 Å². The average molecular weight is 571 g/mol. The Hall–Kier alpha value is -2.22. The number of allylic oxidation sites excluding steroid dienone is 2. The number of rotatable bonds is 8. The Kier molecular flexibility index (Phi) is 8.45. The SMILES string of the molecule is CC(=O)[C@H]1CC[C@@H]2[C@H]3CCC4=C/C(=N/OCC(=O)N[C@@H](CC(=O)O)[C@@H]5CCOC(C)(C)C5)CC[C@]4(C)[C@@H]3CC[C@]12C. The van der Waals surface area contributed by atoms with Crippen molar-refractivity contribution in [3.8, 4) is 0 Å². The van der Waals surface area contributed by atoms with Crippen molar-refractivity contribution >= 4 is 23.4 Å². The minimum absolute atomic E-state index is 0.0382. The van der Waals surface area contributed by atoms with Gasteiger partial charge in [0.05, 0.1) is 17.7 Å². The van der Waals surface area contributed by atoms with E-state index in [2.05, 4.69) is 30.4 Å². The zero-order valence-corrected chi connectivity index (χ0v) is 25.7. The van der Waals surface area contributed by atoms with Crippen LogP contribution in [-0.2, 0) is 24.0 Å². The molecule has 0 bridgehead atoms. The molecule has 4 fully saturated rings. The molecule has 5 aliphatic rings. The molecule has 0 aromatic rings. The number of ether oxygens (including phenoxy) is 1. The molecule has 1 saturated heterocycles. The highest BCUT2D eigenvalue weighted by Gasteiger charge is 2.59. The van der Waals surface area contributed by atoms with Gasteiger partial charge in [0.1, 0.15) is 5.78 Å². The van der Waals surface area contributed by atoms with Crippen LogP contribution in [0.15, 0.2) is 16.8 Å². The van der Waals surface area contributed by atoms with Crippen molar-refractivity contribution in [3.05, 3.63) is 11.6 Å². The number of nitrogens with one attached hydrogen (secondary N) is 1. The number of carboxylic acids is 1. The molecule has 228 valence electrons. The number of carboxylic acid groups (broad SMARTS) is 1. The predicted octanol–water partition coefficient (Wildman–Crippen LogP) is 5.69. The smallest absolute Gasteiger partial charge is 0.305 e. The van der Waals surface area contributed by atoms with E-state index in [-0.39, 0.29) is 47.2 Å². The number of Topliss-reactive ketones (excluding diaryl/α,β-unsaturated/α-hetero) is 1. The standard InChI is InChI=1S/C33H50N2O6/c1-20(36)25-8-9-26-24-7-6-22-16-23(10-13-32(22,4)27(24)11-14-33(25,26)5)35-41-19-29(37)34-28(17-30(38)39)21-12-15-40-31(2,3)18-21/h16,21,24-28H,6-15,17-19H2,1-5H3,(H,34,37)(H,38,39)/b35-23+/t21-,24-,25-,26-,27-,28+,32+,33-/m1/s1. The lowest BCUT2D eigenvalue weighted by Gasteiger charge is -2.58. The molecular weight excluding hydrogens is 520 g/mol. The second kappa shape index (κ2) is 11.5. The summed E-state index contributed by atoms with van der Waals surface area (Å²) in [5.41, 5.74) is 2.35. The summed E-state index contributed by atoms with van der Waals surface area (Å²) in [5.74, 6) is 1.39. The van der Waals surface area contributed by atoms with Gasteiger partial charge < -0.3 is 20.0 Å². The van der Waals surface area contributed by atoms with Gasteiger partial charge >= 0.3 is 5.97 Å². The van der Waals surface area contributed by atoms with E-state index in [1.807, 2.05) is 13.8 Å². The Labute approximate surface area is 245 Å². The monoisotopic (exact) mass is 570 g/mol. The minimum Gasteiger partial charge on any atom is -0.481 e. The average Bonchev–Trinajstić information content (AvgIpc) is 3.25. The number of hydrogen-bond acceptors (Lipinski definition) is 6. The Morgan fingerprint density at radius 1 is 1.07 bits per heavy atom. The molecule has 8 atom stereocenters. The topological polar surface area (TPSA) is 114 Å². The van der Waals surface area contributed by atoms with Gasteiger partial charge in [-0.25, -0.2) is 0 Å². The molecule has 41 heavy (non-hydrogen) atoms. The highest BCUT2D eigenvalue weighted by Crippen LogP contribution is 2.66. The van der Waals surface area contributed by atoms with E-state index >= 15 is 0 Å². The van der Waals surface area contributed by atoms with Crippen molar-refractivity contribution in [3.63, 3.8) is 0 Å². The maximum Gasteiger partial charge on any atom is 0.305 e. The molecule has 0 spiro atoms. The maximum atomic E-state index is 12.7. The lowest BCUT2D eigenvalue weighted by atomic mass is 9.46. The first-order valence-electron chi connectivity index (χ1n) is 15.9. The molecule has 0 aromatic carbocycles. The molecular formula is C33H50N2O6.